The number of amides is 2. The number of hydrogen-bond donors (Lipinski definition) is 1. The molecule has 2 N–H and O–H groups in total. The number of carbonyl (C=O) groups is 1. The molecule has 0 rings (SSSR count). The molecular weight excluding hydrogens is 206 g/mol. The molecule has 0 spiro atoms. The van der Waals surface area contributed by atoms with Crippen molar-refractivity contribution in [1.82, 2.24) is 2.41 Å². The van der Waals surface area contributed by atoms with E-state index < -0.39 is 6.03 Å². The van der Waals surface area contributed by atoms with E-state index >= 15 is 0 Å². The first-order valence-electron chi connectivity index (χ1n) is 1.14. The summed E-state index contributed by atoms with van der Waals surface area (Å²) >= 11 is 5.56. The second kappa shape index (κ2) is 2.58. The molecule has 0 unspecified atom stereocenters. The average molecular weight is 208 g/mol. The maximum atomic E-state index is 9.75. The van der Waals surface area contributed by atoms with E-state index in [1.807, 2.05) is 0 Å². The first-order valence-corrected chi connectivity index (χ1v) is 2.96. The molecule has 3 nitrogen and oxygen atoms in total. The zero-order valence-corrected chi connectivity index (χ0v) is 6.94. The van der Waals surface area contributed by atoms with Gasteiger partial charge in [0.05, 0.1) is 0 Å². The molecule has 0 saturated carbocycles. The monoisotopic (exact) mass is 208 g/mol. The van der Waals surface area contributed by atoms with Crippen LogP contribution in [0.15, 0.2) is 0 Å². The molecule has 5 heteroatoms. The summed E-state index contributed by atoms with van der Waals surface area (Å²) in [6, 6.07) is -0.584. The first-order chi connectivity index (χ1) is 2.64. The van der Waals surface area contributed by atoms with Gasteiger partial charge >= 0.3 is 55.4 Å². The van der Waals surface area contributed by atoms with Crippen LogP contribution in [0.2, 0.25) is 0 Å². The molecule has 0 aromatic rings. The van der Waals surface area contributed by atoms with E-state index in [0.29, 0.717) is 24.7 Å². The van der Waals surface area contributed by atoms with Crippen LogP contribution in [0.25, 0.3) is 0 Å². The molecule has 0 aromatic heterocycles. The summed E-state index contributed by atoms with van der Waals surface area (Å²) in [6.45, 7) is 0. The fourth-order valence-corrected chi connectivity index (χ4v) is 0. The van der Waals surface area contributed by atoms with Crippen molar-refractivity contribution in [1.29, 1.82) is 0 Å². The van der Waals surface area contributed by atoms with Crippen LogP contribution in [-0.4, -0.2) is 33.1 Å². The molecular formula is CH2ClInN2O. The molecule has 0 aliphatic heterocycles. The van der Waals surface area contributed by atoms with E-state index in [1.165, 1.54) is 0 Å². The molecule has 0 fully saturated rings. The van der Waals surface area contributed by atoms with Crippen LogP contribution in [0.1, 0.15) is 0 Å². The Morgan fingerprint density at radius 3 is 2.17 bits per heavy atom. The van der Waals surface area contributed by atoms with Crippen molar-refractivity contribution < 1.29 is 4.79 Å². The number of urea groups is 1. The van der Waals surface area contributed by atoms with Crippen LogP contribution in [-0.2, 0) is 0 Å². The SMILES string of the molecule is NC(=O)[N](Cl)[In]. The van der Waals surface area contributed by atoms with Crippen LogP contribution in [0.5, 0.6) is 0 Å². The van der Waals surface area contributed by atoms with E-state index in [2.05, 4.69) is 5.73 Å². The van der Waals surface area contributed by atoms with Crippen molar-refractivity contribution in [3.63, 3.8) is 0 Å². The minimum atomic E-state index is -0.584. The molecule has 0 aromatic carbocycles. The maximum absolute atomic E-state index is 9.75. The van der Waals surface area contributed by atoms with Gasteiger partial charge < -0.3 is 0 Å². The molecule has 0 aliphatic rings. The molecule has 2 radical (unpaired) electrons. The van der Waals surface area contributed by atoms with Crippen molar-refractivity contribution in [2.45, 2.75) is 0 Å². The fraction of sp³-hybridized carbons (Fsp3) is 0. The van der Waals surface area contributed by atoms with Crippen molar-refractivity contribution in [3.8, 4) is 0 Å². The van der Waals surface area contributed by atoms with Gasteiger partial charge in [0.15, 0.2) is 0 Å². The molecule has 0 heterocycles. The van der Waals surface area contributed by atoms with Crippen LogP contribution < -0.4 is 5.73 Å². The summed E-state index contributed by atoms with van der Waals surface area (Å²) in [5.74, 6) is 0. The molecule has 0 aliphatic carbocycles. The van der Waals surface area contributed by atoms with E-state index in [-0.39, 0.29) is 0 Å². The summed E-state index contributed by atoms with van der Waals surface area (Å²) in [6.07, 6.45) is 0. The molecule has 2 amide bonds. The summed E-state index contributed by atoms with van der Waals surface area (Å²) in [7, 11) is 0. The molecule has 32 valence electrons. The standard InChI is InChI=1S/CH3ClN2O.In/c2-4-1(3)5;/h(H3,3,4,5);/q;+1/p-1. The Bertz CT molecular complexity index is 64.6. The van der Waals surface area contributed by atoms with Crippen molar-refractivity contribution in [3.05, 3.63) is 0 Å². The Balaban J connectivity index is 3.26. The number of halogens is 1. The third-order valence-corrected chi connectivity index (χ3v) is 1.10. The van der Waals surface area contributed by atoms with Crippen LogP contribution in [0.4, 0.5) is 4.79 Å². The van der Waals surface area contributed by atoms with Gasteiger partial charge in [0.25, 0.3) is 0 Å². The van der Waals surface area contributed by atoms with Crippen molar-refractivity contribution in [2.75, 3.05) is 0 Å². The van der Waals surface area contributed by atoms with E-state index in [1.54, 1.807) is 0 Å². The average Bonchev–Trinajstić information content (AvgIpc) is 1.36. The second-order valence-corrected chi connectivity index (χ2v) is 3.42. The number of primary amides is 1. The quantitative estimate of drug-likeness (QED) is 0.541. The van der Waals surface area contributed by atoms with Gasteiger partial charge in [-0.3, -0.25) is 0 Å². The molecule has 0 bridgehead atoms. The Labute approximate surface area is 55.5 Å². The van der Waals surface area contributed by atoms with Crippen LogP contribution >= 0.6 is 11.8 Å². The van der Waals surface area contributed by atoms with Gasteiger partial charge in [-0.05, 0) is 0 Å². The van der Waals surface area contributed by atoms with E-state index in [9.17, 15) is 4.79 Å². The molecule has 0 atom stereocenters. The van der Waals surface area contributed by atoms with Gasteiger partial charge in [-0.25, -0.2) is 0 Å². The summed E-state index contributed by atoms with van der Waals surface area (Å²) in [5, 5.41) is 0. The van der Waals surface area contributed by atoms with Crippen LogP contribution in [0, 0.1) is 0 Å². The Morgan fingerprint density at radius 1 is 2.00 bits per heavy atom. The number of rotatable bonds is 0. The van der Waals surface area contributed by atoms with Crippen LogP contribution in [0.3, 0.4) is 0 Å². The number of hydrogen-bond acceptors (Lipinski definition) is 1. The first kappa shape index (κ1) is 6.43. The normalized spacial score (nSPS) is 7.50. The van der Waals surface area contributed by atoms with E-state index in [0.717, 1.165) is 2.41 Å². The Kier molecular flexibility index (Phi) is 2.76. The third-order valence-electron chi connectivity index (χ3n) is 0.211. The van der Waals surface area contributed by atoms with Gasteiger partial charge in [-0.1, -0.05) is 0 Å². The Morgan fingerprint density at radius 2 is 2.17 bits per heavy atom. The van der Waals surface area contributed by atoms with Gasteiger partial charge in [0.1, 0.15) is 0 Å². The zero-order chi connectivity index (χ0) is 5.15. The van der Waals surface area contributed by atoms with Crippen molar-refractivity contribution in [2.24, 2.45) is 5.73 Å². The molecule has 6 heavy (non-hydrogen) atoms. The third kappa shape index (κ3) is 2.66. The fourth-order valence-electron chi connectivity index (χ4n) is 0. The second-order valence-electron chi connectivity index (χ2n) is 0.649. The van der Waals surface area contributed by atoms with Crippen molar-refractivity contribution >= 4 is 42.5 Å². The van der Waals surface area contributed by atoms with E-state index in [4.69, 9.17) is 11.8 Å². The minimum absolute atomic E-state index is 0.534. The predicted molar refractivity (Wildman–Crippen MR) is 23.0 cm³/mol. The predicted octanol–water partition coefficient (Wildman–Crippen LogP) is -0.396. The van der Waals surface area contributed by atoms with Gasteiger partial charge in [0, 0.05) is 0 Å². The van der Waals surface area contributed by atoms with Gasteiger partial charge in [0.2, 0.25) is 0 Å². The Hall–Kier alpha value is 0.430. The number of nitrogens with zero attached hydrogens (tertiary/aromatic N) is 1. The summed E-state index contributed by atoms with van der Waals surface area (Å²) in [5.41, 5.74) is 4.62. The molecule has 0 saturated heterocycles. The van der Waals surface area contributed by atoms with Gasteiger partial charge in [-0.2, -0.15) is 0 Å². The van der Waals surface area contributed by atoms with Gasteiger partial charge in [-0.15, -0.1) is 0 Å². The topological polar surface area (TPSA) is 46.3 Å². The zero-order valence-electron chi connectivity index (χ0n) is 2.89. The summed E-state index contributed by atoms with van der Waals surface area (Å²) in [4.78, 5) is 9.75. The summed E-state index contributed by atoms with van der Waals surface area (Å²) < 4.78 is 0.908. The number of carbonyl (C=O) groups excluding carboxylic acids is 1. The number of nitrogens with two attached hydrogens (primary N) is 1.